The summed E-state index contributed by atoms with van der Waals surface area (Å²) in [5, 5.41) is 6.22. The van der Waals surface area contributed by atoms with Crippen LogP contribution >= 0.6 is 11.9 Å². The molecular weight excluding hydrogens is 498 g/mol. The van der Waals surface area contributed by atoms with Crippen molar-refractivity contribution in [1.29, 1.82) is 0 Å². The lowest BCUT2D eigenvalue weighted by molar-refractivity contribution is 0.111. The van der Waals surface area contributed by atoms with Crippen LogP contribution in [0.15, 0.2) is 66.7 Å². The molecule has 7 nitrogen and oxygen atoms in total. The van der Waals surface area contributed by atoms with Crippen LogP contribution in [0.25, 0.3) is 0 Å². The molecule has 1 fully saturated rings. The normalized spacial score (nSPS) is 11.8. The van der Waals surface area contributed by atoms with Crippen molar-refractivity contribution in [2.24, 2.45) is 0 Å². The molecule has 0 atom stereocenters. The summed E-state index contributed by atoms with van der Waals surface area (Å²) in [5.41, 5.74) is 7.17. The summed E-state index contributed by atoms with van der Waals surface area (Å²) >= 11 is 1.76. The van der Waals surface area contributed by atoms with Gasteiger partial charge in [0.1, 0.15) is 19.3 Å². The molecule has 1 saturated heterocycles. The van der Waals surface area contributed by atoms with Crippen molar-refractivity contribution < 1.29 is 19.1 Å². The van der Waals surface area contributed by atoms with E-state index in [1.165, 1.54) is 11.3 Å². The highest BCUT2D eigenvalue weighted by molar-refractivity contribution is 8.00. The Hall–Kier alpha value is -3.33. The molecule has 3 aromatic carbocycles. The highest BCUT2D eigenvalue weighted by atomic mass is 32.2. The predicted molar refractivity (Wildman–Crippen MR) is 162 cm³/mol. The Morgan fingerprint density at radius 2 is 1.66 bits per heavy atom. The van der Waals surface area contributed by atoms with Gasteiger partial charge in [-0.25, -0.2) is 0 Å². The minimum Gasteiger partial charge on any atom is -0.388 e. The number of nitrogens with one attached hydrogen (secondary N) is 2. The van der Waals surface area contributed by atoms with Gasteiger partial charge in [0.25, 0.3) is 0 Å². The molecule has 0 bridgehead atoms. The number of carbonyl (C=O) groups excluding carboxylic acids is 2. The molecule has 38 heavy (non-hydrogen) atoms. The second-order valence-corrected chi connectivity index (χ2v) is 9.15. The summed E-state index contributed by atoms with van der Waals surface area (Å²) in [5.74, 6) is 0.981. The van der Waals surface area contributed by atoms with Gasteiger partial charge in [-0.3, -0.25) is 13.9 Å². The van der Waals surface area contributed by atoms with Gasteiger partial charge in [0.15, 0.2) is 0 Å². The first-order valence-electron chi connectivity index (χ1n) is 12.4. The van der Waals surface area contributed by atoms with E-state index in [-0.39, 0.29) is 0 Å². The van der Waals surface area contributed by atoms with Crippen molar-refractivity contribution in [3.8, 4) is 0 Å². The van der Waals surface area contributed by atoms with Gasteiger partial charge in [0.2, 0.25) is 0 Å². The Kier molecular flexibility index (Phi) is 17.0. The molecule has 0 unspecified atom stereocenters. The number of rotatable bonds is 6. The van der Waals surface area contributed by atoms with E-state index in [1.54, 1.807) is 31.2 Å². The fourth-order valence-corrected chi connectivity index (χ4v) is 3.89. The standard InChI is InChI=1S/C11H13NO2S.C9H14N2.C7H6O.C3H8O/c1-9-6-11(3-2-10(9)7-13)12-8-14-4-5-15-12;1-7-4-5-8(10-2)6-9(7)11-3;8-6-7-4-2-1-3-5-7;1-3-4-2/h2-3,6-7H,4-5,8H2,1H3;4-6,10-11H,1-3H3;1-6H;3H2,1-2H3. The fraction of sp³-hybridized carbons (Fsp3) is 0.333. The van der Waals surface area contributed by atoms with Gasteiger partial charge in [-0.05, 0) is 74.2 Å². The van der Waals surface area contributed by atoms with Crippen molar-refractivity contribution in [1.82, 2.24) is 0 Å². The first kappa shape index (κ1) is 32.7. The molecule has 0 aromatic heterocycles. The summed E-state index contributed by atoms with van der Waals surface area (Å²) in [6, 6.07) is 21.2. The zero-order valence-electron chi connectivity index (χ0n) is 23.3. The van der Waals surface area contributed by atoms with E-state index < -0.39 is 0 Å². The molecule has 1 heterocycles. The number of nitrogens with zero attached hydrogens (tertiary/aromatic N) is 1. The molecule has 2 N–H and O–H groups in total. The lowest BCUT2D eigenvalue weighted by Crippen LogP contribution is -2.25. The van der Waals surface area contributed by atoms with Crippen molar-refractivity contribution in [2.45, 2.75) is 20.8 Å². The zero-order chi connectivity index (χ0) is 28.2. The number of carbonyl (C=O) groups is 2. The van der Waals surface area contributed by atoms with E-state index in [9.17, 15) is 9.59 Å². The third-order valence-corrected chi connectivity index (χ3v) is 6.35. The number of ether oxygens (including phenoxy) is 2. The summed E-state index contributed by atoms with van der Waals surface area (Å²) in [6.45, 7) is 8.24. The lowest BCUT2D eigenvalue weighted by Gasteiger charge is -2.27. The quantitative estimate of drug-likeness (QED) is 0.272. The summed E-state index contributed by atoms with van der Waals surface area (Å²) in [6.07, 6.45) is 1.72. The summed E-state index contributed by atoms with van der Waals surface area (Å²) < 4.78 is 12.0. The Morgan fingerprint density at radius 3 is 2.13 bits per heavy atom. The molecule has 0 radical (unpaired) electrons. The van der Waals surface area contributed by atoms with Crippen LogP contribution in [0.5, 0.6) is 0 Å². The van der Waals surface area contributed by atoms with E-state index in [4.69, 9.17) is 4.74 Å². The first-order chi connectivity index (χ1) is 18.4. The zero-order valence-corrected chi connectivity index (χ0v) is 24.1. The van der Waals surface area contributed by atoms with E-state index >= 15 is 0 Å². The third kappa shape index (κ3) is 12.3. The van der Waals surface area contributed by atoms with Crippen molar-refractivity contribution in [3.63, 3.8) is 0 Å². The third-order valence-electron chi connectivity index (χ3n) is 5.37. The van der Waals surface area contributed by atoms with Crippen LogP contribution in [0.1, 0.15) is 38.8 Å². The number of aryl methyl sites for hydroxylation is 2. The topological polar surface area (TPSA) is 79.9 Å². The monoisotopic (exact) mass is 539 g/mol. The molecule has 4 rings (SSSR count). The van der Waals surface area contributed by atoms with Crippen LogP contribution in [0.2, 0.25) is 0 Å². The van der Waals surface area contributed by atoms with Crippen LogP contribution < -0.4 is 14.9 Å². The van der Waals surface area contributed by atoms with E-state index in [2.05, 4.69) is 44.8 Å². The molecule has 0 saturated carbocycles. The smallest absolute Gasteiger partial charge is 0.150 e. The van der Waals surface area contributed by atoms with E-state index in [1.807, 2.05) is 64.3 Å². The Labute approximate surface area is 232 Å². The van der Waals surface area contributed by atoms with Gasteiger partial charge in [-0.1, -0.05) is 36.4 Å². The first-order valence-corrected chi connectivity index (χ1v) is 13.4. The maximum atomic E-state index is 10.7. The van der Waals surface area contributed by atoms with Crippen LogP contribution in [0.4, 0.5) is 17.1 Å². The molecule has 0 aliphatic carbocycles. The van der Waals surface area contributed by atoms with Crippen LogP contribution in [-0.2, 0) is 9.47 Å². The maximum absolute atomic E-state index is 10.7. The van der Waals surface area contributed by atoms with Crippen molar-refractivity contribution in [3.05, 3.63) is 89.0 Å². The van der Waals surface area contributed by atoms with Gasteiger partial charge >= 0.3 is 0 Å². The van der Waals surface area contributed by atoms with Gasteiger partial charge in [-0.2, -0.15) is 0 Å². The number of methoxy groups -OCH3 is 1. The van der Waals surface area contributed by atoms with Crippen molar-refractivity contribution in [2.75, 3.05) is 61.8 Å². The number of hydrogen-bond acceptors (Lipinski definition) is 8. The van der Waals surface area contributed by atoms with Gasteiger partial charge in [0, 0.05) is 61.8 Å². The molecule has 1 aliphatic heterocycles. The average molecular weight is 540 g/mol. The van der Waals surface area contributed by atoms with E-state index in [0.717, 1.165) is 59.6 Å². The lowest BCUT2D eigenvalue weighted by atomic mass is 10.1. The van der Waals surface area contributed by atoms with Gasteiger partial charge in [0.05, 0.1) is 6.61 Å². The van der Waals surface area contributed by atoms with Gasteiger partial charge in [-0.15, -0.1) is 0 Å². The molecule has 206 valence electrons. The highest BCUT2D eigenvalue weighted by Gasteiger charge is 2.12. The van der Waals surface area contributed by atoms with Crippen LogP contribution in [-0.4, -0.2) is 59.5 Å². The Bertz CT molecular complexity index is 1070. The molecule has 1 aliphatic rings. The minimum atomic E-state index is 0.616. The summed E-state index contributed by atoms with van der Waals surface area (Å²) in [4.78, 5) is 20.7. The highest BCUT2D eigenvalue weighted by Crippen LogP contribution is 2.26. The minimum absolute atomic E-state index is 0.616. The van der Waals surface area contributed by atoms with Crippen LogP contribution in [0.3, 0.4) is 0 Å². The Balaban J connectivity index is 0.000000277. The summed E-state index contributed by atoms with van der Waals surface area (Å²) in [7, 11) is 5.53. The second-order valence-electron chi connectivity index (χ2n) is 8.04. The molecule has 0 spiro atoms. The molecule has 0 amide bonds. The predicted octanol–water partition coefficient (Wildman–Crippen LogP) is 6.48. The molecular formula is C30H41N3O4S. The number of benzene rings is 3. The van der Waals surface area contributed by atoms with Crippen molar-refractivity contribution >= 4 is 41.6 Å². The fourth-order valence-electron chi connectivity index (χ4n) is 3.07. The molecule has 8 heteroatoms. The number of hydrogen-bond donors (Lipinski definition) is 2. The average Bonchev–Trinajstić information content (AvgIpc) is 2.99. The SMILES string of the molecule is CCOC.CNc1ccc(C)c(NC)c1.Cc1cc(N2COCCS2)ccc1C=O.O=Cc1ccccc1. The number of anilines is 3. The Morgan fingerprint density at radius 1 is 0.947 bits per heavy atom. The second kappa shape index (κ2) is 19.7. The molecule has 3 aromatic rings. The van der Waals surface area contributed by atoms with E-state index in [0.29, 0.717) is 6.73 Å². The maximum Gasteiger partial charge on any atom is 0.150 e. The largest absolute Gasteiger partial charge is 0.388 e. The van der Waals surface area contributed by atoms with Gasteiger partial charge < -0.3 is 20.1 Å². The van der Waals surface area contributed by atoms with Crippen LogP contribution in [0, 0.1) is 13.8 Å². The number of aldehydes is 2.